The molecule has 1 aliphatic rings. The van der Waals surface area contributed by atoms with Crippen LogP contribution in [-0.2, 0) is 26.8 Å². The summed E-state index contributed by atoms with van der Waals surface area (Å²) in [4.78, 5) is 25.6. The molecule has 3 aromatic rings. The quantitative estimate of drug-likeness (QED) is 0.327. The Morgan fingerprint density at radius 3 is 2.39 bits per heavy atom. The van der Waals surface area contributed by atoms with Gasteiger partial charge < -0.3 is 19.7 Å². The van der Waals surface area contributed by atoms with Crippen LogP contribution in [0.1, 0.15) is 0 Å². The summed E-state index contributed by atoms with van der Waals surface area (Å²) in [6.07, 6.45) is -6.06. The van der Waals surface area contributed by atoms with Crippen LogP contribution in [0.4, 0.5) is 39.0 Å². The molecule has 1 aliphatic heterocycles. The van der Waals surface area contributed by atoms with Crippen molar-refractivity contribution in [1.82, 2.24) is 13.9 Å². The van der Waals surface area contributed by atoms with Gasteiger partial charge in [0.25, 0.3) is 5.56 Å². The van der Waals surface area contributed by atoms with E-state index in [1.807, 2.05) is 0 Å². The second-order valence-corrected chi connectivity index (χ2v) is 11.2. The molecule has 41 heavy (non-hydrogen) atoms. The SMILES string of the molecule is CO[C@H]1CN(S(=O)(=O)Nc2ccc(F)c(Nc3ccc4ncn(C)c(=O)c4c3Br)c2Cl)C[C@H]1F.O=C(O)C(F)(F)F. The highest BCUT2D eigenvalue weighted by Crippen LogP contribution is 2.38. The zero-order chi connectivity index (χ0) is 30.9. The standard InChI is InChI=1S/C20H19BrClF2N5O4S.C2HF3O2/c1-28-9-25-12-5-6-13(17(21)16(12)20(28)30)26-19-10(23)3-4-14(18(19)22)27-34(31,32)29-7-11(24)15(8-29)33-2;3-2(4,5)1(6)7/h3-6,9,11,15,26-27H,7-8H2,1-2H3;(H,6,7)/t11-,15+;/m1./s1. The van der Waals surface area contributed by atoms with Gasteiger partial charge in [-0.2, -0.15) is 25.9 Å². The average molecular weight is 693 g/mol. The number of fused-ring (bicyclic) bond motifs is 1. The number of carbonyl (C=O) groups is 1. The number of aromatic nitrogens is 2. The van der Waals surface area contributed by atoms with Gasteiger partial charge in [-0.3, -0.25) is 9.52 Å². The highest BCUT2D eigenvalue weighted by molar-refractivity contribution is 9.10. The Labute approximate surface area is 242 Å². The van der Waals surface area contributed by atoms with Crippen LogP contribution in [0.15, 0.2) is 39.9 Å². The molecule has 0 unspecified atom stereocenters. The molecule has 19 heteroatoms. The summed E-state index contributed by atoms with van der Waals surface area (Å²) in [6.45, 7) is -0.561. The van der Waals surface area contributed by atoms with Crippen LogP contribution < -0.4 is 15.6 Å². The number of halogens is 7. The summed E-state index contributed by atoms with van der Waals surface area (Å²) in [6, 6.07) is 5.34. The highest BCUT2D eigenvalue weighted by atomic mass is 79.9. The molecule has 2 atom stereocenters. The molecule has 2 heterocycles. The van der Waals surface area contributed by atoms with E-state index in [0.29, 0.717) is 15.7 Å². The summed E-state index contributed by atoms with van der Waals surface area (Å²) in [5, 5.41) is 9.95. The maximum atomic E-state index is 14.7. The summed E-state index contributed by atoms with van der Waals surface area (Å²) in [5.41, 5.74) is 0.0826. The van der Waals surface area contributed by atoms with E-state index in [9.17, 15) is 35.2 Å². The topological polar surface area (TPSA) is 143 Å². The second-order valence-electron chi connectivity index (χ2n) is 8.41. The first-order valence-corrected chi connectivity index (χ1v) is 13.7. The molecule has 3 N–H and O–H groups in total. The molecule has 0 bridgehead atoms. The van der Waals surface area contributed by atoms with Crippen molar-refractivity contribution in [3.8, 4) is 0 Å². The molecule has 224 valence electrons. The minimum Gasteiger partial charge on any atom is -0.475 e. The zero-order valence-corrected chi connectivity index (χ0v) is 24.0. The molecular weight excluding hydrogens is 673 g/mol. The fraction of sp³-hybridized carbons (Fsp3) is 0.318. The predicted octanol–water partition coefficient (Wildman–Crippen LogP) is 4.19. The van der Waals surface area contributed by atoms with Crippen molar-refractivity contribution in [2.45, 2.75) is 18.5 Å². The van der Waals surface area contributed by atoms with E-state index in [0.717, 1.165) is 16.4 Å². The number of hydrogen-bond donors (Lipinski definition) is 3. The number of nitrogens with one attached hydrogen (secondary N) is 2. The van der Waals surface area contributed by atoms with Crippen LogP contribution in [0.3, 0.4) is 0 Å². The second kappa shape index (κ2) is 12.4. The van der Waals surface area contributed by atoms with Crippen LogP contribution in [0.2, 0.25) is 5.02 Å². The van der Waals surface area contributed by atoms with Crippen molar-refractivity contribution in [2.24, 2.45) is 7.05 Å². The van der Waals surface area contributed by atoms with Gasteiger partial charge in [-0.1, -0.05) is 11.6 Å². The molecule has 1 saturated heterocycles. The average Bonchev–Trinajstić information content (AvgIpc) is 3.28. The van der Waals surface area contributed by atoms with E-state index in [2.05, 4.69) is 31.0 Å². The van der Waals surface area contributed by atoms with Crippen LogP contribution in [0.5, 0.6) is 0 Å². The van der Waals surface area contributed by atoms with E-state index >= 15 is 0 Å². The first-order chi connectivity index (χ1) is 19.0. The maximum Gasteiger partial charge on any atom is 0.490 e. The van der Waals surface area contributed by atoms with E-state index in [1.165, 1.54) is 18.0 Å². The number of nitrogens with zero attached hydrogens (tertiary/aromatic N) is 3. The lowest BCUT2D eigenvalue weighted by molar-refractivity contribution is -0.192. The first-order valence-electron chi connectivity index (χ1n) is 11.1. The summed E-state index contributed by atoms with van der Waals surface area (Å²) in [7, 11) is -1.35. The van der Waals surface area contributed by atoms with Gasteiger partial charge in [-0.15, -0.1) is 0 Å². The van der Waals surface area contributed by atoms with E-state index in [4.69, 9.17) is 26.2 Å². The Bertz CT molecular complexity index is 1640. The predicted molar refractivity (Wildman–Crippen MR) is 143 cm³/mol. The fourth-order valence-electron chi connectivity index (χ4n) is 3.56. The number of alkyl halides is 4. The fourth-order valence-corrected chi connectivity index (χ4v) is 5.72. The summed E-state index contributed by atoms with van der Waals surface area (Å²) < 4.78 is 95.7. The lowest BCUT2D eigenvalue weighted by atomic mass is 10.2. The van der Waals surface area contributed by atoms with Crippen LogP contribution in [0, 0.1) is 5.82 Å². The van der Waals surface area contributed by atoms with Gasteiger partial charge in [-0.05, 0) is 40.2 Å². The van der Waals surface area contributed by atoms with Crippen LogP contribution in [0.25, 0.3) is 10.9 Å². The molecule has 0 radical (unpaired) electrons. The van der Waals surface area contributed by atoms with Gasteiger partial charge >= 0.3 is 22.4 Å². The lowest BCUT2D eigenvalue weighted by Gasteiger charge is -2.19. The van der Waals surface area contributed by atoms with Gasteiger partial charge in [0.05, 0.1) is 43.8 Å². The number of ether oxygens (including phenoxy) is 1. The number of aliphatic carboxylic acids is 1. The Balaban J connectivity index is 0.000000587. The van der Waals surface area contributed by atoms with Crippen molar-refractivity contribution in [3.63, 3.8) is 0 Å². The molecule has 11 nitrogen and oxygen atoms in total. The van der Waals surface area contributed by atoms with Crippen molar-refractivity contribution < 1.29 is 45.0 Å². The molecule has 1 aromatic heterocycles. The Hall–Kier alpha value is -3.06. The molecule has 0 spiro atoms. The van der Waals surface area contributed by atoms with Crippen molar-refractivity contribution >= 4 is 71.7 Å². The Morgan fingerprint density at radius 2 is 1.83 bits per heavy atom. The molecule has 0 saturated carbocycles. The largest absolute Gasteiger partial charge is 0.490 e. The van der Waals surface area contributed by atoms with Crippen molar-refractivity contribution in [1.29, 1.82) is 0 Å². The van der Waals surface area contributed by atoms with Crippen molar-refractivity contribution in [2.75, 3.05) is 30.2 Å². The van der Waals surface area contributed by atoms with Crippen LogP contribution >= 0.6 is 27.5 Å². The monoisotopic (exact) mass is 691 g/mol. The molecule has 1 fully saturated rings. The third kappa shape index (κ3) is 7.24. The van der Waals surface area contributed by atoms with Gasteiger partial charge in [0.15, 0.2) is 0 Å². The number of aryl methyl sites for hydroxylation is 1. The van der Waals surface area contributed by atoms with Gasteiger partial charge in [0.2, 0.25) is 0 Å². The number of carboxylic acids is 1. The maximum absolute atomic E-state index is 14.7. The minimum absolute atomic E-state index is 0.115. The van der Waals surface area contributed by atoms with Gasteiger partial charge in [0.1, 0.15) is 18.1 Å². The van der Waals surface area contributed by atoms with E-state index < -0.39 is 40.4 Å². The number of rotatable bonds is 6. The van der Waals surface area contributed by atoms with E-state index in [1.54, 1.807) is 19.2 Å². The van der Waals surface area contributed by atoms with Gasteiger partial charge in [-0.25, -0.2) is 18.6 Å². The number of carboxylic acid groups (broad SMARTS) is 1. The molecule has 4 rings (SSSR count). The number of anilines is 3. The number of hydrogen-bond acceptors (Lipinski definition) is 7. The molecular formula is C22H20BrClF5N5O6S. The normalized spacial score (nSPS) is 17.7. The molecule has 0 amide bonds. The minimum atomic E-state index is -5.08. The molecule has 0 aliphatic carbocycles. The van der Waals surface area contributed by atoms with Crippen LogP contribution in [-0.4, -0.2) is 72.0 Å². The summed E-state index contributed by atoms with van der Waals surface area (Å²) in [5.74, 6) is -3.52. The highest BCUT2D eigenvalue weighted by Gasteiger charge is 2.40. The number of benzene rings is 2. The third-order valence-electron chi connectivity index (χ3n) is 5.66. The summed E-state index contributed by atoms with van der Waals surface area (Å²) >= 11 is 9.70. The lowest BCUT2D eigenvalue weighted by Crippen LogP contribution is -2.35. The molecule has 2 aromatic carbocycles. The Morgan fingerprint density at radius 1 is 1.22 bits per heavy atom. The zero-order valence-electron chi connectivity index (χ0n) is 20.8. The van der Waals surface area contributed by atoms with Crippen molar-refractivity contribution in [3.05, 3.63) is 56.3 Å². The first kappa shape index (κ1) is 32.5. The third-order valence-corrected chi connectivity index (χ3v) is 8.34. The number of methoxy groups -OCH3 is 1. The van der Waals surface area contributed by atoms with E-state index in [-0.39, 0.29) is 40.4 Å². The smallest absolute Gasteiger partial charge is 0.475 e. The van der Waals surface area contributed by atoms with Gasteiger partial charge in [0, 0.05) is 27.2 Å². The Kier molecular flexibility index (Phi) is 9.84.